The fourth-order valence-corrected chi connectivity index (χ4v) is 4.61. The van der Waals surface area contributed by atoms with Gasteiger partial charge in [-0.1, -0.05) is 37.2 Å². The standard InChI is InChI=1S/C21H28ClN3O2S/c1-14(2)9-12-25-20(27)17-8-7-16(22)13-18(17)23-21(25)28-15(3)19(26)24-10-5-4-6-11-24/h7-8,13-15H,4-6,9-12H2,1-3H3/t15-/m0/s1. The van der Waals surface area contributed by atoms with E-state index >= 15 is 0 Å². The van der Waals surface area contributed by atoms with Crippen LogP contribution in [0.2, 0.25) is 5.02 Å². The van der Waals surface area contributed by atoms with Crippen molar-refractivity contribution in [2.45, 2.75) is 63.4 Å². The third kappa shape index (κ3) is 4.90. The van der Waals surface area contributed by atoms with E-state index in [1.165, 1.54) is 18.2 Å². The molecule has 1 fully saturated rings. The fourth-order valence-electron chi connectivity index (χ4n) is 3.43. The smallest absolute Gasteiger partial charge is 0.262 e. The van der Waals surface area contributed by atoms with E-state index in [1.807, 2.05) is 11.8 Å². The van der Waals surface area contributed by atoms with E-state index in [0.717, 1.165) is 32.4 Å². The van der Waals surface area contributed by atoms with Crippen LogP contribution >= 0.6 is 23.4 Å². The molecular weight excluding hydrogens is 394 g/mol. The molecule has 0 N–H and O–H groups in total. The third-order valence-electron chi connectivity index (χ3n) is 5.11. The Balaban J connectivity index is 1.93. The molecule has 152 valence electrons. The maximum Gasteiger partial charge on any atom is 0.262 e. The lowest BCUT2D eigenvalue weighted by Gasteiger charge is -2.29. The minimum Gasteiger partial charge on any atom is -0.342 e. The van der Waals surface area contributed by atoms with Crippen LogP contribution in [0.3, 0.4) is 0 Å². The SMILES string of the molecule is CC(C)CCn1c(S[C@@H](C)C(=O)N2CCCCC2)nc2cc(Cl)ccc2c1=O. The van der Waals surface area contributed by atoms with Crippen molar-refractivity contribution in [3.05, 3.63) is 33.6 Å². The van der Waals surface area contributed by atoms with Gasteiger partial charge in [0.05, 0.1) is 16.2 Å². The van der Waals surface area contributed by atoms with Crippen molar-refractivity contribution < 1.29 is 4.79 Å². The van der Waals surface area contributed by atoms with Gasteiger partial charge in [-0.05, 0) is 56.7 Å². The Morgan fingerprint density at radius 3 is 2.61 bits per heavy atom. The molecule has 1 aromatic carbocycles. The van der Waals surface area contributed by atoms with Gasteiger partial charge in [0.2, 0.25) is 5.91 Å². The topological polar surface area (TPSA) is 55.2 Å². The summed E-state index contributed by atoms with van der Waals surface area (Å²) in [6.45, 7) is 8.41. The molecule has 0 bridgehead atoms. The summed E-state index contributed by atoms with van der Waals surface area (Å²) in [4.78, 5) is 32.6. The maximum absolute atomic E-state index is 13.1. The van der Waals surface area contributed by atoms with Crippen LogP contribution in [0.1, 0.15) is 46.5 Å². The van der Waals surface area contributed by atoms with Gasteiger partial charge in [0.1, 0.15) is 0 Å². The normalized spacial score (nSPS) is 16.0. The fraction of sp³-hybridized carbons (Fsp3) is 0.571. The molecule has 3 rings (SSSR count). The molecule has 1 aliphatic heterocycles. The van der Waals surface area contributed by atoms with E-state index in [4.69, 9.17) is 16.6 Å². The number of carbonyl (C=O) groups is 1. The Kier molecular flexibility index (Phi) is 7.05. The van der Waals surface area contributed by atoms with Crippen molar-refractivity contribution in [3.8, 4) is 0 Å². The number of benzene rings is 1. The van der Waals surface area contributed by atoms with Gasteiger partial charge in [0.25, 0.3) is 5.56 Å². The first-order chi connectivity index (χ1) is 13.4. The van der Waals surface area contributed by atoms with Gasteiger partial charge >= 0.3 is 0 Å². The first-order valence-corrected chi connectivity index (χ1v) is 11.3. The number of fused-ring (bicyclic) bond motifs is 1. The van der Waals surface area contributed by atoms with E-state index < -0.39 is 0 Å². The molecule has 0 aliphatic carbocycles. The number of aromatic nitrogens is 2. The summed E-state index contributed by atoms with van der Waals surface area (Å²) in [7, 11) is 0. The minimum absolute atomic E-state index is 0.0672. The summed E-state index contributed by atoms with van der Waals surface area (Å²) in [6, 6.07) is 5.16. The van der Waals surface area contributed by atoms with Crippen molar-refractivity contribution in [1.82, 2.24) is 14.5 Å². The van der Waals surface area contributed by atoms with E-state index in [0.29, 0.717) is 33.5 Å². The lowest BCUT2D eigenvalue weighted by Crippen LogP contribution is -2.40. The summed E-state index contributed by atoms with van der Waals surface area (Å²) < 4.78 is 1.72. The second-order valence-corrected chi connectivity index (χ2v) is 9.59. The molecule has 28 heavy (non-hydrogen) atoms. The summed E-state index contributed by atoms with van der Waals surface area (Å²) in [5, 5.41) is 1.42. The highest BCUT2D eigenvalue weighted by Gasteiger charge is 2.25. The Morgan fingerprint density at radius 1 is 1.21 bits per heavy atom. The quantitative estimate of drug-likeness (QED) is 0.505. The molecule has 0 spiro atoms. The maximum atomic E-state index is 13.1. The zero-order valence-corrected chi connectivity index (χ0v) is 18.4. The summed E-state index contributed by atoms with van der Waals surface area (Å²) >= 11 is 7.48. The van der Waals surface area contributed by atoms with Crippen LogP contribution in [-0.4, -0.2) is 38.7 Å². The summed E-state index contributed by atoms with van der Waals surface area (Å²) in [6.07, 6.45) is 4.19. The minimum atomic E-state index is -0.285. The van der Waals surface area contributed by atoms with Crippen molar-refractivity contribution >= 4 is 40.2 Å². The molecule has 1 aliphatic rings. The summed E-state index contributed by atoms with van der Waals surface area (Å²) in [5.74, 6) is 0.596. The van der Waals surface area contributed by atoms with Gasteiger partial charge in [-0.2, -0.15) is 0 Å². The summed E-state index contributed by atoms with van der Waals surface area (Å²) in [5.41, 5.74) is 0.515. The number of hydrogen-bond donors (Lipinski definition) is 0. The van der Waals surface area contributed by atoms with E-state index in [9.17, 15) is 9.59 Å². The average Bonchev–Trinajstić information content (AvgIpc) is 2.67. The van der Waals surface area contributed by atoms with Gasteiger partial charge < -0.3 is 4.90 Å². The van der Waals surface area contributed by atoms with Gasteiger partial charge in [-0.3, -0.25) is 14.2 Å². The molecule has 1 saturated heterocycles. The molecule has 5 nitrogen and oxygen atoms in total. The monoisotopic (exact) mass is 421 g/mol. The van der Waals surface area contributed by atoms with Gasteiger partial charge in [0.15, 0.2) is 5.16 Å². The third-order valence-corrected chi connectivity index (χ3v) is 6.42. The first-order valence-electron chi connectivity index (χ1n) is 10.0. The first kappa shape index (κ1) is 21.2. The highest BCUT2D eigenvalue weighted by molar-refractivity contribution is 8.00. The molecule has 7 heteroatoms. The molecule has 1 aromatic heterocycles. The highest BCUT2D eigenvalue weighted by Crippen LogP contribution is 2.26. The largest absolute Gasteiger partial charge is 0.342 e. The lowest BCUT2D eigenvalue weighted by molar-refractivity contribution is -0.131. The van der Waals surface area contributed by atoms with Crippen molar-refractivity contribution in [1.29, 1.82) is 0 Å². The van der Waals surface area contributed by atoms with Crippen LogP contribution in [-0.2, 0) is 11.3 Å². The average molecular weight is 422 g/mol. The number of halogens is 1. The van der Waals surface area contributed by atoms with Crippen LogP contribution in [0.25, 0.3) is 10.9 Å². The second-order valence-electron chi connectivity index (χ2n) is 7.84. The zero-order valence-electron chi connectivity index (χ0n) is 16.8. The molecule has 0 unspecified atom stereocenters. The number of likely N-dealkylation sites (tertiary alicyclic amines) is 1. The number of rotatable bonds is 6. The molecule has 1 amide bonds. The van der Waals surface area contributed by atoms with Crippen LogP contribution in [0.5, 0.6) is 0 Å². The Hall–Kier alpha value is -1.53. The number of hydrogen-bond acceptors (Lipinski definition) is 4. The van der Waals surface area contributed by atoms with Crippen molar-refractivity contribution in [2.75, 3.05) is 13.1 Å². The van der Waals surface area contributed by atoms with Gasteiger partial charge in [-0.25, -0.2) is 4.98 Å². The van der Waals surface area contributed by atoms with Crippen LogP contribution in [0.15, 0.2) is 28.2 Å². The van der Waals surface area contributed by atoms with Crippen LogP contribution < -0.4 is 5.56 Å². The van der Waals surface area contributed by atoms with Crippen LogP contribution in [0.4, 0.5) is 0 Å². The highest BCUT2D eigenvalue weighted by atomic mass is 35.5. The van der Waals surface area contributed by atoms with Gasteiger partial charge in [0, 0.05) is 24.7 Å². The van der Waals surface area contributed by atoms with Crippen molar-refractivity contribution in [2.24, 2.45) is 5.92 Å². The van der Waals surface area contributed by atoms with Crippen molar-refractivity contribution in [3.63, 3.8) is 0 Å². The molecule has 0 saturated carbocycles. The Morgan fingerprint density at radius 2 is 1.93 bits per heavy atom. The number of amides is 1. The van der Waals surface area contributed by atoms with Crippen LogP contribution in [0, 0.1) is 5.92 Å². The second kappa shape index (κ2) is 9.31. The molecule has 2 aromatic rings. The molecule has 0 radical (unpaired) electrons. The molecule has 2 heterocycles. The number of carbonyl (C=O) groups excluding carboxylic acids is 1. The number of piperidine rings is 1. The zero-order chi connectivity index (χ0) is 20.3. The molecular formula is C21H28ClN3O2S. The van der Waals surface area contributed by atoms with E-state index in [-0.39, 0.29) is 16.7 Å². The van der Waals surface area contributed by atoms with Gasteiger partial charge in [-0.15, -0.1) is 0 Å². The Bertz CT molecular complexity index is 906. The predicted molar refractivity (Wildman–Crippen MR) is 116 cm³/mol. The predicted octanol–water partition coefficient (Wildman–Crippen LogP) is 4.59. The number of thioether (sulfide) groups is 1. The molecule has 1 atom stereocenters. The lowest BCUT2D eigenvalue weighted by atomic mass is 10.1. The van der Waals surface area contributed by atoms with E-state index in [2.05, 4.69) is 13.8 Å². The van der Waals surface area contributed by atoms with E-state index in [1.54, 1.807) is 22.8 Å². The number of nitrogens with zero attached hydrogens (tertiary/aromatic N) is 3. The Labute approximate surface area is 175 Å².